The molecule has 0 aliphatic rings. The summed E-state index contributed by atoms with van der Waals surface area (Å²) < 4.78 is 20.3. The Hall–Kier alpha value is -4.11. The van der Waals surface area contributed by atoms with Gasteiger partial charge >= 0.3 is 0 Å². The number of non-ortho nitro benzene ring substituents is 1. The number of fused-ring (bicyclic) bond motifs is 1. The molecule has 0 bridgehead atoms. The topological polar surface area (TPSA) is 93.8 Å². The normalized spacial score (nSPS) is 11.0. The lowest BCUT2D eigenvalue weighted by Crippen LogP contribution is -2.16. The summed E-state index contributed by atoms with van der Waals surface area (Å²) in [5.74, 6) is -0.294. The highest BCUT2D eigenvalue weighted by Crippen LogP contribution is 2.29. The Labute approximate surface area is 185 Å². The highest BCUT2D eigenvalue weighted by Gasteiger charge is 2.13. The zero-order chi connectivity index (χ0) is 22.5. The number of hydrogen-bond acceptors (Lipinski definition) is 6. The Morgan fingerprint density at radius 2 is 1.91 bits per heavy atom. The molecule has 0 spiro atoms. The highest BCUT2D eigenvalue weighted by molar-refractivity contribution is 7.20. The molecule has 0 aliphatic carbocycles. The molecule has 3 aromatic carbocycles. The smallest absolute Gasteiger partial charge is 0.281 e. The summed E-state index contributed by atoms with van der Waals surface area (Å²) in [5.41, 5.74) is 3.45. The van der Waals surface area contributed by atoms with Crippen molar-refractivity contribution < 1.29 is 18.8 Å². The summed E-state index contributed by atoms with van der Waals surface area (Å²) >= 11 is 1.21. The fraction of sp³-hybridized carbons (Fsp3) is 0.0435. The number of halogens is 1. The minimum Gasteiger partial charge on any atom is -0.488 e. The number of hydrazone groups is 1. The molecule has 0 saturated heterocycles. The fourth-order valence-electron chi connectivity index (χ4n) is 2.96. The third-order valence-corrected chi connectivity index (χ3v) is 5.68. The first-order chi connectivity index (χ1) is 15.5. The van der Waals surface area contributed by atoms with Crippen molar-refractivity contribution in [2.45, 2.75) is 6.61 Å². The van der Waals surface area contributed by atoms with E-state index in [2.05, 4.69) is 10.5 Å². The molecule has 1 aromatic heterocycles. The van der Waals surface area contributed by atoms with E-state index in [1.807, 2.05) is 0 Å². The lowest BCUT2D eigenvalue weighted by molar-refractivity contribution is -0.384. The Balaban J connectivity index is 1.44. The van der Waals surface area contributed by atoms with Crippen LogP contribution >= 0.6 is 11.3 Å². The second-order valence-electron chi connectivity index (χ2n) is 6.71. The number of para-hydroxylation sites is 1. The molecule has 1 heterocycles. The van der Waals surface area contributed by atoms with Gasteiger partial charge in [-0.1, -0.05) is 30.3 Å². The Kier molecular flexibility index (Phi) is 6.18. The minimum atomic E-state index is -0.479. The van der Waals surface area contributed by atoms with E-state index in [0.29, 0.717) is 27.1 Å². The number of ether oxygens (including phenoxy) is 1. The van der Waals surface area contributed by atoms with Crippen LogP contribution in [0.2, 0.25) is 0 Å². The SMILES string of the molecule is O=C(N/N=C\c1ccccc1OCc1ccccc1F)c1cc2cc([N+](=O)[O-])ccc2s1. The Morgan fingerprint density at radius 3 is 2.72 bits per heavy atom. The third-order valence-electron chi connectivity index (χ3n) is 4.56. The van der Waals surface area contributed by atoms with E-state index in [1.165, 1.54) is 35.8 Å². The van der Waals surface area contributed by atoms with Crippen molar-refractivity contribution >= 4 is 39.2 Å². The second-order valence-corrected chi connectivity index (χ2v) is 7.79. The summed E-state index contributed by atoms with van der Waals surface area (Å²) in [5, 5.41) is 15.5. The molecule has 0 aliphatic heterocycles. The van der Waals surface area contributed by atoms with Gasteiger partial charge in [0.05, 0.1) is 16.0 Å². The fourth-order valence-corrected chi connectivity index (χ4v) is 3.89. The number of nitro benzene ring substituents is 1. The van der Waals surface area contributed by atoms with Crippen molar-refractivity contribution in [2.24, 2.45) is 5.10 Å². The van der Waals surface area contributed by atoms with Crippen molar-refractivity contribution in [3.05, 3.63) is 105 Å². The number of benzene rings is 3. The van der Waals surface area contributed by atoms with Crippen LogP contribution in [0, 0.1) is 15.9 Å². The van der Waals surface area contributed by atoms with Gasteiger partial charge in [0, 0.05) is 33.3 Å². The number of hydrogen-bond donors (Lipinski definition) is 1. The second kappa shape index (κ2) is 9.36. The molecule has 7 nitrogen and oxygen atoms in total. The molecule has 160 valence electrons. The van der Waals surface area contributed by atoms with E-state index in [1.54, 1.807) is 54.6 Å². The standard InChI is InChI=1S/C23H16FN3O4S/c24-19-7-3-1-6-16(19)14-31-20-8-4-2-5-15(20)13-25-26-23(28)22-12-17-11-18(27(29)30)9-10-21(17)32-22/h1-13H,14H2,(H,26,28)/b25-13-. The maximum absolute atomic E-state index is 13.8. The first-order valence-electron chi connectivity index (χ1n) is 9.48. The summed E-state index contributed by atoms with van der Waals surface area (Å²) in [6.07, 6.45) is 1.44. The summed E-state index contributed by atoms with van der Waals surface area (Å²) in [7, 11) is 0. The first-order valence-corrected chi connectivity index (χ1v) is 10.3. The number of nitro groups is 1. The highest BCUT2D eigenvalue weighted by atomic mass is 32.1. The van der Waals surface area contributed by atoms with Crippen LogP contribution in [0.1, 0.15) is 20.8 Å². The number of carbonyl (C=O) groups is 1. The van der Waals surface area contributed by atoms with Gasteiger partial charge in [0.15, 0.2) is 0 Å². The van der Waals surface area contributed by atoms with Crippen LogP contribution in [-0.2, 0) is 6.61 Å². The van der Waals surface area contributed by atoms with E-state index in [9.17, 15) is 19.3 Å². The van der Waals surface area contributed by atoms with Gasteiger partial charge in [-0.05, 0) is 30.3 Å². The molecular formula is C23H16FN3O4S. The van der Waals surface area contributed by atoms with E-state index in [4.69, 9.17) is 4.74 Å². The number of amides is 1. The zero-order valence-electron chi connectivity index (χ0n) is 16.5. The molecule has 0 unspecified atom stereocenters. The maximum atomic E-state index is 13.8. The van der Waals surface area contributed by atoms with Crippen LogP contribution < -0.4 is 10.2 Å². The molecule has 0 atom stereocenters. The lowest BCUT2D eigenvalue weighted by Gasteiger charge is -2.09. The van der Waals surface area contributed by atoms with Gasteiger partial charge in [0.1, 0.15) is 18.2 Å². The van der Waals surface area contributed by atoms with Crippen LogP contribution in [-0.4, -0.2) is 17.0 Å². The van der Waals surface area contributed by atoms with Gasteiger partial charge in [-0.15, -0.1) is 11.3 Å². The van der Waals surface area contributed by atoms with Gasteiger partial charge in [0.2, 0.25) is 0 Å². The molecule has 4 rings (SSSR count). The predicted molar refractivity (Wildman–Crippen MR) is 121 cm³/mol. The summed E-state index contributed by atoms with van der Waals surface area (Å²) in [6.45, 7) is 0.0534. The maximum Gasteiger partial charge on any atom is 0.281 e. The van der Waals surface area contributed by atoms with Crippen LogP contribution in [0.5, 0.6) is 5.75 Å². The van der Waals surface area contributed by atoms with Crippen LogP contribution in [0.3, 0.4) is 0 Å². The molecule has 0 radical (unpaired) electrons. The van der Waals surface area contributed by atoms with E-state index >= 15 is 0 Å². The molecule has 1 amide bonds. The first kappa shape index (κ1) is 21.1. The summed E-state index contributed by atoms with van der Waals surface area (Å²) in [4.78, 5) is 23.2. The third kappa shape index (κ3) is 4.79. The molecule has 1 N–H and O–H groups in total. The van der Waals surface area contributed by atoms with Crippen molar-refractivity contribution in [1.29, 1.82) is 0 Å². The zero-order valence-corrected chi connectivity index (χ0v) is 17.3. The Bertz CT molecular complexity index is 1340. The van der Waals surface area contributed by atoms with Crippen LogP contribution in [0.25, 0.3) is 10.1 Å². The van der Waals surface area contributed by atoms with Crippen molar-refractivity contribution in [2.75, 3.05) is 0 Å². The average Bonchev–Trinajstić information content (AvgIpc) is 3.23. The van der Waals surface area contributed by atoms with E-state index in [-0.39, 0.29) is 18.1 Å². The van der Waals surface area contributed by atoms with Gasteiger partial charge in [0.25, 0.3) is 11.6 Å². The number of carbonyl (C=O) groups excluding carboxylic acids is 1. The monoisotopic (exact) mass is 449 g/mol. The van der Waals surface area contributed by atoms with E-state index in [0.717, 1.165) is 4.70 Å². The van der Waals surface area contributed by atoms with Crippen molar-refractivity contribution in [3.8, 4) is 5.75 Å². The van der Waals surface area contributed by atoms with Crippen LogP contribution in [0.15, 0.2) is 77.9 Å². The molecule has 4 aromatic rings. The molecule has 0 fully saturated rings. The number of thiophene rings is 1. The van der Waals surface area contributed by atoms with Crippen molar-refractivity contribution in [1.82, 2.24) is 5.43 Å². The quantitative estimate of drug-likeness (QED) is 0.236. The largest absolute Gasteiger partial charge is 0.488 e. The summed E-state index contributed by atoms with van der Waals surface area (Å²) in [6, 6.07) is 19.4. The predicted octanol–water partition coefficient (Wildman–Crippen LogP) is 5.29. The van der Waals surface area contributed by atoms with Crippen molar-refractivity contribution in [3.63, 3.8) is 0 Å². The average molecular weight is 449 g/mol. The van der Waals surface area contributed by atoms with Gasteiger partial charge < -0.3 is 4.74 Å². The molecule has 32 heavy (non-hydrogen) atoms. The van der Waals surface area contributed by atoms with Gasteiger partial charge in [-0.2, -0.15) is 5.10 Å². The lowest BCUT2D eigenvalue weighted by atomic mass is 10.2. The number of nitrogens with one attached hydrogen (secondary N) is 1. The Morgan fingerprint density at radius 1 is 1.12 bits per heavy atom. The molecule has 0 saturated carbocycles. The molecule has 9 heteroatoms. The number of rotatable bonds is 7. The number of nitrogens with zero attached hydrogens (tertiary/aromatic N) is 2. The minimum absolute atomic E-state index is 0.0349. The molecular weight excluding hydrogens is 433 g/mol. The van der Waals surface area contributed by atoms with Gasteiger partial charge in [-0.25, -0.2) is 9.82 Å². The van der Waals surface area contributed by atoms with Crippen LogP contribution in [0.4, 0.5) is 10.1 Å². The van der Waals surface area contributed by atoms with E-state index < -0.39 is 10.8 Å². The van der Waals surface area contributed by atoms with Gasteiger partial charge in [-0.3, -0.25) is 14.9 Å².